The lowest BCUT2D eigenvalue weighted by atomic mass is 9.94. The zero-order valence-electron chi connectivity index (χ0n) is 19.0. The molecule has 8 heteroatoms. The summed E-state index contributed by atoms with van der Waals surface area (Å²) in [5.74, 6) is 0.770. The van der Waals surface area contributed by atoms with Crippen LogP contribution in [0.2, 0.25) is 0 Å². The van der Waals surface area contributed by atoms with Gasteiger partial charge in [-0.2, -0.15) is 0 Å². The van der Waals surface area contributed by atoms with Crippen LogP contribution in [0.5, 0.6) is 5.75 Å². The van der Waals surface area contributed by atoms with Crippen LogP contribution < -0.4 is 9.64 Å². The van der Waals surface area contributed by atoms with Crippen LogP contribution in [0.1, 0.15) is 39.5 Å². The van der Waals surface area contributed by atoms with Crippen molar-refractivity contribution in [3.8, 4) is 5.75 Å². The molecule has 0 aromatic heterocycles. The van der Waals surface area contributed by atoms with Gasteiger partial charge in [0.25, 0.3) is 0 Å². The van der Waals surface area contributed by atoms with Gasteiger partial charge in [-0.15, -0.1) is 0 Å². The number of carbonyl (C=O) groups excluding carboxylic acids is 3. The van der Waals surface area contributed by atoms with Crippen LogP contribution in [0.15, 0.2) is 24.3 Å². The number of para-hydroxylation sites is 2. The first-order chi connectivity index (χ1) is 15.4. The Labute approximate surface area is 189 Å². The normalized spacial score (nSPS) is 24.0. The molecule has 0 bridgehead atoms. The number of likely N-dealkylation sites (tertiary alicyclic amines) is 1. The summed E-state index contributed by atoms with van der Waals surface area (Å²) >= 11 is 0. The van der Waals surface area contributed by atoms with Crippen molar-refractivity contribution in [2.75, 3.05) is 44.2 Å². The molecule has 1 aromatic rings. The number of ether oxygens (including phenoxy) is 2. The highest BCUT2D eigenvalue weighted by Crippen LogP contribution is 2.31. The first-order valence-corrected chi connectivity index (χ1v) is 11.7. The van der Waals surface area contributed by atoms with Gasteiger partial charge in [0.05, 0.1) is 24.4 Å². The summed E-state index contributed by atoms with van der Waals surface area (Å²) in [6, 6.07) is 7.48. The Kier molecular flexibility index (Phi) is 6.98. The predicted molar refractivity (Wildman–Crippen MR) is 119 cm³/mol. The number of carbonyl (C=O) groups is 3. The Morgan fingerprint density at radius 3 is 2.28 bits per heavy atom. The van der Waals surface area contributed by atoms with Gasteiger partial charge in [-0.25, -0.2) is 0 Å². The molecule has 4 rings (SSSR count). The largest absolute Gasteiger partial charge is 0.490 e. The molecule has 0 aliphatic carbocycles. The predicted octanol–water partition coefficient (Wildman–Crippen LogP) is 2.07. The maximum Gasteiger partial charge on any atom is 0.227 e. The quantitative estimate of drug-likeness (QED) is 0.712. The van der Waals surface area contributed by atoms with E-state index in [1.165, 1.54) is 0 Å². The molecule has 2 fully saturated rings. The van der Waals surface area contributed by atoms with Crippen molar-refractivity contribution in [1.29, 1.82) is 0 Å². The van der Waals surface area contributed by atoms with Crippen molar-refractivity contribution in [3.05, 3.63) is 24.3 Å². The first-order valence-electron chi connectivity index (χ1n) is 11.7. The van der Waals surface area contributed by atoms with E-state index in [1.54, 1.807) is 9.80 Å². The Bertz CT molecular complexity index is 842. The van der Waals surface area contributed by atoms with Crippen LogP contribution in [0, 0.1) is 5.92 Å². The smallest absolute Gasteiger partial charge is 0.227 e. The fourth-order valence-corrected chi connectivity index (χ4v) is 4.93. The maximum atomic E-state index is 12.9. The number of rotatable bonds is 4. The van der Waals surface area contributed by atoms with Gasteiger partial charge in [-0.1, -0.05) is 12.1 Å². The second-order valence-electron chi connectivity index (χ2n) is 9.02. The van der Waals surface area contributed by atoms with Gasteiger partial charge in [0.1, 0.15) is 12.4 Å². The second kappa shape index (κ2) is 9.90. The molecular weight excluding hydrogens is 410 g/mol. The number of hydrogen-bond donors (Lipinski definition) is 0. The van der Waals surface area contributed by atoms with Crippen LogP contribution in [0.25, 0.3) is 0 Å². The van der Waals surface area contributed by atoms with Gasteiger partial charge in [-0.3, -0.25) is 14.4 Å². The Balaban J connectivity index is 1.24. The van der Waals surface area contributed by atoms with Gasteiger partial charge >= 0.3 is 0 Å². The van der Waals surface area contributed by atoms with Gasteiger partial charge < -0.3 is 24.2 Å². The van der Waals surface area contributed by atoms with Crippen molar-refractivity contribution in [2.45, 2.75) is 51.7 Å². The van der Waals surface area contributed by atoms with E-state index in [2.05, 4.69) is 0 Å². The van der Waals surface area contributed by atoms with E-state index in [9.17, 15) is 14.4 Å². The van der Waals surface area contributed by atoms with Gasteiger partial charge in [0.15, 0.2) is 0 Å². The topological polar surface area (TPSA) is 79.4 Å². The Hall–Kier alpha value is -2.61. The summed E-state index contributed by atoms with van der Waals surface area (Å²) in [5, 5.41) is 0. The van der Waals surface area contributed by atoms with E-state index in [-0.39, 0.29) is 48.7 Å². The highest BCUT2D eigenvalue weighted by Gasteiger charge is 2.33. The molecule has 174 valence electrons. The number of benzene rings is 1. The molecule has 3 heterocycles. The average Bonchev–Trinajstić information content (AvgIpc) is 2.81. The molecular formula is C24H33N3O5. The molecule has 0 spiro atoms. The first kappa shape index (κ1) is 22.6. The zero-order chi connectivity index (χ0) is 22.7. The van der Waals surface area contributed by atoms with E-state index in [0.29, 0.717) is 57.9 Å². The van der Waals surface area contributed by atoms with Crippen molar-refractivity contribution >= 4 is 23.4 Å². The standard InChI is InChI=1S/C24H33N3O5/c1-17-15-26(16-18(2)32-17)24(30)19-9-11-25(12-10-19)22(28)7-8-23(29)27-13-14-31-21-6-4-3-5-20(21)27/h3-6,17-19H,7-16H2,1-2H3. The monoisotopic (exact) mass is 443 g/mol. The zero-order valence-corrected chi connectivity index (χ0v) is 19.0. The molecule has 32 heavy (non-hydrogen) atoms. The van der Waals surface area contributed by atoms with E-state index in [0.717, 1.165) is 5.69 Å². The van der Waals surface area contributed by atoms with Crippen LogP contribution in [0.4, 0.5) is 5.69 Å². The number of piperidine rings is 1. The molecule has 8 nitrogen and oxygen atoms in total. The van der Waals surface area contributed by atoms with Gasteiger partial charge in [-0.05, 0) is 38.8 Å². The Morgan fingerprint density at radius 2 is 1.56 bits per heavy atom. The molecule has 0 saturated carbocycles. The summed E-state index contributed by atoms with van der Waals surface area (Å²) < 4.78 is 11.3. The second-order valence-corrected chi connectivity index (χ2v) is 9.02. The van der Waals surface area contributed by atoms with Crippen molar-refractivity contribution in [1.82, 2.24) is 9.80 Å². The minimum atomic E-state index is -0.0604. The van der Waals surface area contributed by atoms with E-state index in [1.807, 2.05) is 43.0 Å². The van der Waals surface area contributed by atoms with E-state index < -0.39 is 0 Å². The van der Waals surface area contributed by atoms with Crippen LogP contribution in [0.3, 0.4) is 0 Å². The van der Waals surface area contributed by atoms with E-state index in [4.69, 9.17) is 9.47 Å². The third-order valence-electron chi connectivity index (χ3n) is 6.51. The number of amides is 3. The lowest BCUT2D eigenvalue weighted by Gasteiger charge is -2.39. The fourth-order valence-electron chi connectivity index (χ4n) is 4.93. The summed E-state index contributed by atoms with van der Waals surface area (Å²) in [7, 11) is 0. The van der Waals surface area contributed by atoms with Crippen molar-refractivity contribution in [3.63, 3.8) is 0 Å². The molecule has 2 atom stereocenters. The third kappa shape index (κ3) is 5.06. The highest BCUT2D eigenvalue weighted by atomic mass is 16.5. The molecule has 3 aliphatic heterocycles. The summed E-state index contributed by atoms with van der Waals surface area (Å²) in [6.45, 7) is 7.35. The van der Waals surface area contributed by atoms with Crippen LogP contribution >= 0.6 is 0 Å². The van der Waals surface area contributed by atoms with Gasteiger partial charge in [0, 0.05) is 44.9 Å². The van der Waals surface area contributed by atoms with Crippen LogP contribution in [-0.2, 0) is 19.1 Å². The molecule has 0 N–H and O–H groups in total. The number of nitrogens with zero attached hydrogens (tertiary/aromatic N) is 3. The minimum Gasteiger partial charge on any atom is -0.490 e. The number of fused-ring (bicyclic) bond motifs is 1. The van der Waals surface area contributed by atoms with Crippen molar-refractivity contribution in [2.24, 2.45) is 5.92 Å². The molecule has 3 aliphatic rings. The lowest BCUT2D eigenvalue weighted by Crippen LogP contribution is -2.51. The Morgan fingerprint density at radius 1 is 0.906 bits per heavy atom. The molecule has 0 radical (unpaired) electrons. The number of morpholine rings is 1. The number of hydrogen-bond acceptors (Lipinski definition) is 5. The average molecular weight is 444 g/mol. The third-order valence-corrected chi connectivity index (χ3v) is 6.51. The SMILES string of the molecule is CC1CN(C(=O)C2CCN(C(=O)CCC(=O)N3CCOc4ccccc43)CC2)CC(C)O1. The minimum absolute atomic E-state index is 0.0144. The summed E-state index contributed by atoms with van der Waals surface area (Å²) in [5.41, 5.74) is 0.766. The van der Waals surface area contributed by atoms with Crippen molar-refractivity contribution < 1.29 is 23.9 Å². The molecule has 3 amide bonds. The van der Waals surface area contributed by atoms with Gasteiger partial charge in [0.2, 0.25) is 17.7 Å². The molecule has 2 unspecified atom stereocenters. The maximum absolute atomic E-state index is 12.9. The van der Waals surface area contributed by atoms with E-state index >= 15 is 0 Å². The number of anilines is 1. The summed E-state index contributed by atoms with van der Waals surface area (Å²) in [6.07, 6.45) is 1.83. The molecule has 1 aromatic carbocycles. The summed E-state index contributed by atoms with van der Waals surface area (Å²) in [4.78, 5) is 43.8. The van der Waals surface area contributed by atoms with Crippen LogP contribution in [-0.4, -0.2) is 79.1 Å². The highest BCUT2D eigenvalue weighted by molar-refractivity contribution is 5.97. The fraction of sp³-hybridized carbons (Fsp3) is 0.625. The lowest BCUT2D eigenvalue weighted by molar-refractivity contribution is -0.150. The molecule has 2 saturated heterocycles.